The summed E-state index contributed by atoms with van der Waals surface area (Å²) in [6.45, 7) is 8.67. The summed E-state index contributed by atoms with van der Waals surface area (Å²) in [5, 5.41) is 0. The number of urea groups is 1. The maximum absolute atomic E-state index is 12.9. The summed E-state index contributed by atoms with van der Waals surface area (Å²) in [5.74, 6) is 0.868. The van der Waals surface area contributed by atoms with Gasteiger partial charge in [-0.3, -0.25) is 9.69 Å². The molecule has 0 unspecified atom stereocenters. The average molecular weight is 338 g/mol. The summed E-state index contributed by atoms with van der Waals surface area (Å²) in [6.07, 6.45) is 2.57. The minimum atomic E-state index is -0.375. The number of nitrogens with two attached hydrogens (primary N) is 1. The van der Waals surface area contributed by atoms with Crippen molar-refractivity contribution in [3.05, 3.63) is 0 Å². The number of nitrogens with zero attached hydrogens (tertiary/aromatic N) is 3. The van der Waals surface area contributed by atoms with Gasteiger partial charge in [-0.15, -0.1) is 0 Å². The Kier molecular flexibility index (Phi) is 5.61. The third-order valence-electron chi connectivity index (χ3n) is 5.91. The van der Waals surface area contributed by atoms with E-state index in [1.807, 2.05) is 0 Å². The number of likely N-dealkylation sites (tertiary alicyclic amines) is 2. The van der Waals surface area contributed by atoms with E-state index in [1.165, 1.54) is 0 Å². The lowest BCUT2D eigenvalue weighted by Gasteiger charge is -2.35. The number of piperidine rings is 1. The van der Waals surface area contributed by atoms with Crippen LogP contribution in [-0.4, -0.2) is 85.2 Å². The summed E-state index contributed by atoms with van der Waals surface area (Å²) in [5.41, 5.74) is 5.32. The van der Waals surface area contributed by atoms with Gasteiger partial charge in [0.1, 0.15) is 0 Å². The fraction of sp³-hybridized carbons (Fsp3) is 0.882. The number of carbonyl (C=O) groups is 2. The van der Waals surface area contributed by atoms with Crippen LogP contribution < -0.4 is 5.73 Å². The van der Waals surface area contributed by atoms with Gasteiger partial charge in [-0.2, -0.15) is 0 Å². The number of hydrogen-bond donors (Lipinski definition) is 1. The molecular weight excluding hydrogens is 308 g/mol. The second kappa shape index (κ2) is 7.70. The molecule has 3 aliphatic rings. The van der Waals surface area contributed by atoms with E-state index in [4.69, 9.17) is 10.5 Å². The average Bonchev–Trinajstić information content (AvgIpc) is 3.06. The molecule has 2 atom stereocenters. The Morgan fingerprint density at radius 3 is 2.29 bits per heavy atom. The molecule has 3 amide bonds. The standard InChI is InChI=1S/C17H30N4O3/c1-2-13-11-21(12-15(13)19-7-9-24-10-8-19)16(22)14-3-5-20(6-4-14)17(18)23/h13-15H,2-12H2,1H3,(H2,18,23)/t13-,15+/m1/s1. The zero-order valence-corrected chi connectivity index (χ0v) is 14.7. The van der Waals surface area contributed by atoms with Crippen molar-refractivity contribution in [2.24, 2.45) is 17.6 Å². The minimum absolute atomic E-state index is 0.0431. The smallest absolute Gasteiger partial charge is 0.314 e. The fourth-order valence-electron chi connectivity index (χ4n) is 4.36. The lowest BCUT2D eigenvalue weighted by atomic mass is 9.95. The normalized spacial score (nSPS) is 29.9. The highest BCUT2D eigenvalue weighted by atomic mass is 16.5. The van der Waals surface area contributed by atoms with Crippen molar-refractivity contribution >= 4 is 11.9 Å². The Morgan fingerprint density at radius 2 is 1.71 bits per heavy atom. The lowest BCUT2D eigenvalue weighted by Crippen LogP contribution is -2.48. The van der Waals surface area contributed by atoms with E-state index in [9.17, 15) is 9.59 Å². The van der Waals surface area contributed by atoms with Gasteiger partial charge in [0.05, 0.1) is 13.2 Å². The molecule has 3 aliphatic heterocycles. The zero-order valence-electron chi connectivity index (χ0n) is 14.7. The van der Waals surface area contributed by atoms with Gasteiger partial charge in [-0.1, -0.05) is 13.3 Å². The summed E-state index contributed by atoms with van der Waals surface area (Å²) in [6, 6.07) is 0.0917. The molecule has 0 aromatic heterocycles. The molecule has 0 radical (unpaired) electrons. The molecule has 7 heteroatoms. The van der Waals surface area contributed by atoms with Gasteiger partial charge in [0.25, 0.3) is 0 Å². The minimum Gasteiger partial charge on any atom is -0.379 e. The van der Waals surface area contributed by atoms with Crippen LogP contribution in [0.15, 0.2) is 0 Å². The topological polar surface area (TPSA) is 79.1 Å². The SMILES string of the molecule is CC[C@@H]1CN(C(=O)C2CCN(C(N)=O)CC2)C[C@@H]1N1CCOCC1. The van der Waals surface area contributed by atoms with Crippen LogP contribution in [0, 0.1) is 11.8 Å². The van der Waals surface area contributed by atoms with Gasteiger partial charge in [0.2, 0.25) is 5.91 Å². The van der Waals surface area contributed by atoms with E-state index in [0.29, 0.717) is 25.0 Å². The highest BCUT2D eigenvalue weighted by Gasteiger charge is 2.40. The third kappa shape index (κ3) is 3.67. The summed E-state index contributed by atoms with van der Waals surface area (Å²) < 4.78 is 5.46. The van der Waals surface area contributed by atoms with E-state index in [1.54, 1.807) is 4.90 Å². The first-order chi connectivity index (χ1) is 11.6. The van der Waals surface area contributed by atoms with E-state index in [0.717, 1.165) is 58.7 Å². The van der Waals surface area contributed by atoms with Crippen molar-refractivity contribution in [1.29, 1.82) is 0 Å². The predicted molar refractivity (Wildman–Crippen MR) is 90.4 cm³/mol. The van der Waals surface area contributed by atoms with Gasteiger partial charge in [0, 0.05) is 51.2 Å². The molecule has 7 nitrogen and oxygen atoms in total. The highest BCUT2D eigenvalue weighted by molar-refractivity contribution is 5.80. The molecule has 3 saturated heterocycles. The first-order valence-electron chi connectivity index (χ1n) is 9.25. The Labute approximate surface area is 144 Å². The third-order valence-corrected chi connectivity index (χ3v) is 5.91. The predicted octanol–water partition coefficient (Wildman–Crippen LogP) is 0.346. The van der Waals surface area contributed by atoms with E-state index in [-0.39, 0.29) is 17.9 Å². The number of carbonyl (C=O) groups excluding carboxylic acids is 2. The van der Waals surface area contributed by atoms with E-state index >= 15 is 0 Å². The highest BCUT2D eigenvalue weighted by Crippen LogP contribution is 2.29. The van der Waals surface area contributed by atoms with Gasteiger partial charge in [-0.25, -0.2) is 4.79 Å². The first-order valence-corrected chi connectivity index (χ1v) is 9.25. The van der Waals surface area contributed by atoms with Gasteiger partial charge >= 0.3 is 6.03 Å². The molecule has 3 rings (SSSR count). The molecule has 0 aromatic rings. The Balaban J connectivity index is 1.57. The molecule has 0 bridgehead atoms. The Bertz CT molecular complexity index is 459. The van der Waals surface area contributed by atoms with Gasteiger partial charge < -0.3 is 20.3 Å². The number of hydrogen-bond acceptors (Lipinski definition) is 4. The van der Waals surface area contributed by atoms with Crippen molar-refractivity contribution < 1.29 is 14.3 Å². The van der Waals surface area contributed by atoms with Crippen LogP contribution in [-0.2, 0) is 9.53 Å². The van der Waals surface area contributed by atoms with Crippen molar-refractivity contribution in [3.63, 3.8) is 0 Å². The first kappa shape index (κ1) is 17.5. The summed E-state index contributed by atoms with van der Waals surface area (Å²) in [4.78, 5) is 30.3. The van der Waals surface area contributed by atoms with Crippen molar-refractivity contribution in [2.75, 3.05) is 52.5 Å². The summed E-state index contributed by atoms with van der Waals surface area (Å²) >= 11 is 0. The molecule has 0 aliphatic carbocycles. The Hall–Kier alpha value is -1.34. The lowest BCUT2D eigenvalue weighted by molar-refractivity contribution is -0.136. The number of morpholine rings is 1. The van der Waals surface area contributed by atoms with E-state index < -0.39 is 0 Å². The number of rotatable bonds is 3. The molecule has 24 heavy (non-hydrogen) atoms. The fourth-order valence-corrected chi connectivity index (χ4v) is 4.36. The molecule has 3 fully saturated rings. The molecule has 0 saturated carbocycles. The van der Waals surface area contributed by atoms with Crippen LogP contribution in [0.3, 0.4) is 0 Å². The van der Waals surface area contributed by atoms with Crippen molar-refractivity contribution in [1.82, 2.24) is 14.7 Å². The van der Waals surface area contributed by atoms with Crippen LogP contribution in [0.1, 0.15) is 26.2 Å². The van der Waals surface area contributed by atoms with Crippen LogP contribution in [0.4, 0.5) is 4.79 Å². The van der Waals surface area contributed by atoms with Crippen LogP contribution in [0.2, 0.25) is 0 Å². The number of ether oxygens (including phenoxy) is 1. The van der Waals surface area contributed by atoms with Gasteiger partial charge in [0.15, 0.2) is 0 Å². The molecule has 2 N–H and O–H groups in total. The molecule has 0 spiro atoms. The second-order valence-electron chi connectivity index (χ2n) is 7.23. The largest absolute Gasteiger partial charge is 0.379 e. The van der Waals surface area contributed by atoms with E-state index in [2.05, 4.69) is 16.7 Å². The molecular formula is C17H30N4O3. The zero-order chi connectivity index (χ0) is 17.1. The monoisotopic (exact) mass is 338 g/mol. The number of amides is 3. The summed E-state index contributed by atoms with van der Waals surface area (Å²) in [7, 11) is 0. The maximum Gasteiger partial charge on any atom is 0.314 e. The van der Waals surface area contributed by atoms with Gasteiger partial charge in [-0.05, 0) is 18.8 Å². The van der Waals surface area contributed by atoms with Crippen LogP contribution in [0.25, 0.3) is 0 Å². The number of primary amides is 1. The quantitative estimate of drug-likeness (QED) is 0.805. The van der Waals surface area contributed by atoms with Crippen LogP contribution >= 0.6 is 0 Å². The molecule has 136 valence electrons. The molecule has 3 heterocycles. The Morgan fingerprint density at radius 1 is 1.04 bits per heavy atom. The van der Waals surface area contributed by atoms with Crippen molar-refractivity contribution in [3.8, 4) is 0 Å². The van der Waals surface area contributed by atoms with Crippen LogP contribution in [0.5, 0.6) is 0 Å². The second-order valence-corrected chi connectivity index (χ2v) is 7.23. The van der Waals surface area contributed by atoms with Crippen molar-refractivity contribution in [2.45, 2.75) is 32.2 Å². The maximum atomic E-state index is 12.9. The molecule has 0 aromatic carbocycles.